The lowest BCUT2D eigenvalue weighted by molar-refractivity contribution is 0.310. The topological polar surface area (TPSA) is 68.9 Å². The van der Waals surface area contributed by atoms with Crippen molar-refractivity contribution in [3.05, 3.63) is 24.3 Å². The van der Waals surface area contributed by atoms with Gasteiger partial charge in [-0.1, -0.05) is 13.8 Å². The number of aliphatic imine (C=N–C) groups is 1. The first kappa shape index (κ1) is 19.8. The van der Waals surface area contributed by atoms with E-state index in [1.807, 2.05) is 24.3 Å². The fraction of sp³-hybridized carbons (Fsp3) is 0.533. The molecule has 0 heterocycles. The van der Waals surface area contributed by atoms with E-state index in [1.165, 1.54) is 0 Å². The van der Waals surface area contributed by atoms with E-state index in [4.69, 9.17) is 15.2 Å². The zero-order valence-corrected chi connectivity index (χ0v) is 15.3. The number of nitrogens with zero attached hydrogens (tertiary/aromatic N) is 1. The first-order valence-electron chi connectivity index (χ1n) is 6.92. The summed E-state index contributed by atoms with van der Waals surface area (Å²) < 4.78 is 10.7. The van der Waals surface area contributed by atoms with Crippen LogP contribution in [-0.4, -0.2) is 32.8 Å². The summed E-state index contributed by atoms with van der Waals surface area (Å²) in [6, 6.07) is 7.55. The van der Waals surface area contributed by atoms with Crippen LogP contribution in [-0.2, 0) is 0 Å². The zero-order chi connectivity index (χ0) is 14.8. The van der Waals surface area contributed by atoms with Crippen molar-refractivity contribution in [2.45, 2.75) is 20.3 Å². The van der Waals surface area contributed by atoms with E-state index < -0.39 is 0 Å². The smallest absolute Gasteiger partial charge is 0.188 e. The summed E-state index contributed by atoms with van der Waals surface area (Å²) in [6.45, 7) is 6.36. The monoisotopic (exact) mass is 407 g/mol. The molecule has 0 saturated carbocycles. The van der Waals surface area contributed by atoms with Crippen molar-refractivity contribution in [2.75, 3.05) is 26.8 Å². The quantitative estimate of drug-likeness (QED) is 0.301. The number of nitrogens with one attached hydrogen (secondary N) is 1. The fourth-order valence-corrected chi connectivity index (χ4v) is 1.49. The van der Waals surface area contributed by atoms with Crippen molar-refractivity contribution in [2.24, 2.45) is 16.6 Å². The highest BCUT2D eigenvalue weighted by Gasteiger charge is 1.96. The van der Waals surface area contributed by atoms with Gasteiger partial charge in [0.25, 0.3) is 0 Å². The van der Waals surface area contributed by atoms with Crippen molar-refractivity contribution >= 4 is 29.9 Å². The first-order chi connectivity index (χ1) is 9.61. The van der Waals surface area contributed by atoms with Gasteiger partial charge in [-0.3, -0.25) is 4.99 Å². The van der Waals surface area contributed by atoms with Crippen molar-refractivity contribution in [3.8, 4) is 11.5 Å². The molecule has 3 N–H and O–H groups in total. The minimum Gasteiger partial charge on any atom is -0.497 e. The number of hydrogen-bond acceptors (Lipinski definition) is 3. The molecule has 0 aliphatic heterocycles. The second-order valence-electron chi connectivity index (χ2n) is 4.92. The van der Waals surface area contributed by atoms with Crippen LogP contribution in [0.5, 0.6) is 11.5 Å². The van der Waals surface area contributed by atoms with Crippen molar-refractivity contribution in [3.63, 3.8) is 0 Å². The highest BCUT2D eigenvalue weighted by molar-refractivity contribution is 14.0. The summed E-state index contributed by atoms with van der Waals surface area (Å²) in [5.74, 6) is 2.69. The molecule has 0 spiro atoms. The lowest BCUT2D eigenvalue weighted by Gasteiger charge is -2.08. The third kappa shape index (κ3) is 9.38. The molecule has 1 aromatic carbocycles. The van der Waals surface area contributed by atoms with Gasteiger partial charge in [0.05, 0.1) is 13.7 Å². The largest absolute Gasteiger partial charge is 0.497 e. The summed E-state index contributed by atoms with van der Waals surface area (Å²) in [7, 11) is 1.65. The van der Waals surface area contributed by atoms with Gasteiger partial charge < -0.3 is 20.5 Å². The van der Waals surface area contributed by atoms with Crippen molar-refractivity contribution in [1.29, 1.82) is 0 Å². The van der Waals surface area contributed by atoms with E-state index in [2.05, 4.69) is 24.2 Å². The predicted molar refractivity (Wildman–Crippen MR) is 97.9 cm³/mol. The Hall–Kier alpha value is -1.18. The maximum atomic E-state index is 5.73. The highest BCUT2D eigenvalue weighted by Crippen LogP contribution is 2.16. The Morgan fingerprint density at radius 1 is 1.24 bits per heavy atom. The Labute approximate surface area is 144 Å². The summed E-state index contributed by atoms with van der Waals surface area (Å²) in [5, 5.41) is 3.07. The van der Waals surface area contributed by atoms with Crippen LogP contribution >= 0.6 is 24.0 Å². The van der Waals surface area contributed by atoms with Crippen LogP contribution < -0.4 is 20.5 Å². The van der Waals surface area contributed by atoms with E-state index in [-0.39, 0.29) is 24.0 Å². The second kappa shape index (κ2) is 11.5. The number of methoxy groups -OCH3 is 1. The molecule has 0 radical (unpaired) electrons. The Morgan fingerprint density at radius 3 is 2.43 bits per heavy atom. The Kier molecular flexibility index (Phi) is 10.8. The summed E-state index contributed by atoms with van der Waals surface area (Å²) in [5.41, 5.74) is 5.73. The normalized spacial score (nSPS) is 11.0. The molecule has 120 valence electrons. The number of hydrogen-bond donors (Lipinski definition) is 2. The molecule has 1 rings (SSSR count). The molecule has 0 aromatic heterocycles. The number of halogens is 1. The van der Waals surface area contributed by atoms with Crippen LogP contribution in [0.3, 0.4) is 0 Å². The van der Waals surface area contributed by atoms with Crippen LogP contribution in [0.2, 0.25) is 0 Å². The maximum Gasteiger partial charge on any atom is 0.188 e. The Bertz CT molecular complexity index is 408. The van der Waals surface area contributed by atoms with Crippen LogP contribution in [0, 0.1) is 5.92 Å². The molecule has 0 saturated heterocycles. The van der Waals surface area contributed by atoms with Gasteiger partial charge in [0.15, 0.2) is 5.96 Å². The maximum absolute atomic E-state index is 5.73. The molecule has 5 nitrogen and oxygen atoms in total. The minimum absolute atomic E-state index is 0. The van der Waals surface area contributed by atoms with E-state index in [1.54, 1.807) is 7.11 Å². The summed E-state index contributed by atoms with van der Waals surface area (Å²) >= 11 is 0. The minimum atomic E-state index is 0. The highest BCUT2D eigenvalue weighted by atomic mass is 127. The van der Waals surface area contributed by atoms with E-state index in [0.717, 1.165) is 31.0 Å². The van der Waals surface area contributed by atoms with Gasteiger partial charge in [-0.05, 0) is 36.6 Å². The third-order valence-electron chi connectivity index (χ3n) is 2.58. The molecular weight excluding hydrogens is 381 g/mol. The van der Waals surface area contributed by atoms with Gasteiger partial charge in [0, 0.05) is 13.1 Å². The molecule has 1 aromatic rings. The van der Waals surface area contributed by atoms with Crippen LogP contribution in [0.25, 0.3) is 0 Å². The van der Waals surface area contributed by atoms with E-state index in [0.29, 0.717) is 18.5 Å². The third-order valence-corrected chi connectivity index (χ3v) is 2.58. The Morgan fingerprint density at radius 2 is 1.86 bits per heavy atom. The lowest BCUT2D eigenvalue weighted by atomic mass is 10.2. The van der Waals surface area contributed by atoms with Crippen LogP contribution in [0.1, 0.15) is 20.3 Å². The molecule has 0 aliphatic carbocycles. The SMILES string of the molecule is COc1ccc(OCCCNC(N)=NCC(C)C)cc1.I. The molecule has 0 unspecified atom stereocenters. The number of ether oxygens (including phenoxy) is 2. The summed E-state index contributed by atoms with van der Waals surface area (Å²) in [4.78, 5) is 4.23. The molecule has 21 heavy (non-hydrogen) atoms. The standard InChI is InChI=1S/C15H25N3O2.HI/c1-12(2)11-18-15(16)17-9-4-10-20-14-7-5-13(19-3)6-8-14;/h5-8,12H,4,9-11H2,1-3H3,(H3,16,17,18);1H. The Balaban J connectivity index is 0.00000400. The first-order valence-corrected chi connectivity index (χ1v) is 6.92. The predicted octanol–water partition coefficient (Wildman–Crippen LogP) is 2.64. The number of benzene rings is 1. The molecule has 0 atom stereocenters. The van der Waals surface area contributed by atoms with Crippen molar-refractivity contribution in [1.82, 2.24) is 5.32 Å². The fourth-order valence-electron chi connectivity index (χ4n) is 1.49. The molecular formula is C15H26IN3O2. The van der Waals surface area contributed by atoms with Gasteiger partial charge in [-0.25, -0.2) is 0 Å². The van der Waals surface area contributed by atoms with Gasteiger partial charge >= 0.3 is 0 Å². The van der Waals surface area contributed by atoms with Crippen LogP contribution in [0.15, 0.2) is 29.3 Å². The molecule has 6 heteroatoms. The van der Waals surface area contributed by atoms with E-state index in [9.17, 15) is 0 Å². The lowest BCUT2D eigenvalue weighted by Crippen LogP contribution is -2.33. The van der Waals surface area contributed by atoms with Gasteiger partial charge in [0.2, 0.25) is 0 Å². The van der Waals surface area contributed by atoms with Crippen molar-refractivity contribution < 1.29 is 9.47 Å². The van der Waals surface area contributed by atoms with Gasteiger partial charge in [-0.2, -0.15) is 0 Å². The molecule has 0 fully saturated rings. The molecule has 0 bridgehead atoms. The van der Waals surface area contributed by atoms with Crippen LogP contribution in [0.4, 0.5) is 0 Å². The summed E-state index contributed by atoms with van der Waals surface area (Å²) in [6.07, 6.45) is 0.865. The molecule has 0 amide bonds. The number of nitrogens with two attached hydrogens (primary N) is 1. The average molecular weight is 407 g/mol. The molecule has 0 aliphatic rings. The number of guanidine groups is 1. The number of rotatable bonds is 8. The van der Waals surface area contributed by atoms with Gasteiger partial charge in [0.1, 0.15) is 11.5 Å². The van der Waals surface area contributed by atoms with E-state index >= 15 is 0 Å². The zero-order valence-electron chi connectivity index (χ0n) is 13.0. The average Bonchev–Trinajstić information content (AvgIpc) is 2.45. The second-order valence-corrected chi connectivity index (χ2v) is 4.92. The van der Waals surface area contributed by atoms with Gasteiger partial charge in [-0.15, -0.1) is 24.0 Å².